The lowest BCUT2D eigenvalue weighted by Gasteiger charge is -2.20. The predicted molar refractivity (Wildman–Crippen MR) is 134 cm³/mol. The molecule has 190 valence electrons. The van der Waals surface area contributed by atoms with E-state index in [1.807, 2.05) is 24.1 Å². The third-order valence-electron chi connectivity index (χ3n) is 4.99. The second-order valence-electron chi connectivity index (χ2n) is 8.29. The summed E-state index contributed by atoms with van der Waals surface area (Å²) >= 11 is 0. The molecule has 0 spiro atoms. The van der Waals surface area contributed by atoms with Crippen LogP contribution in [0.3, 0.4) is 0 Å². The molecule has 1 unspecified atom stereocenters. The molecule has 36 heavy (non-hydrogen) atoms. The Bertz CT molecular complexity index is 1280. The van der Waals surface area contributed by atoms with Gasteiger partial charge in [0.1, 0.15) is 0 Å². The molecule has 0 aliphatic rings. The highest BCUT2D eigenvalue weighted by Gasteiger charge is 2.21. The van der Waals surface area contributed by atoms with Crippen molar-refractivity contribution in [2.45, 2.75) is 45.4 Å². The van der Waals surface area contributed by atoms with Crippen LogP contribution in [-0.2, 0) is 20.9 Å². The average Bonchev–Trinajstić information content (AvgIpc) is 2.80. The SMILES string of the molecule is CC(C)O/C(=N\C(CCC(=O)O)C(=O)O)c1ccc(N(C)Cc2cnc3nc(N)nc(N)c3n2)cc1. The maximum Gasteiger partial charge on any atom is 0.328 e. The van der Waals surface area contributed by atoms with Gasteiger partial charge in [0.05, 0.1) is 24.5 Å². The monoisotopic (exact) mass is 496 g/mol. The molecule has 0 aliphatic carbocycles. The molecule has 0 saturated carbocycles. The predicted octanol–water partition coefficient (Wildman–Crippen LogP) is 1.71. The largest absolute Gasteiger partial charge is 0.481 e. The number of carboxylic acids is 2. The molecule has 1 atom stereocenters. The summed E-state index contributed by atoms with van der Waals surface area (Å²) in [5.41, 5.74) is 14.2. The van der Waals surface area contributed by atoms with E-state index in [1.54, 1.807) is 32.2 Å². The molecule has 6 N–H and O–H groups in total. The number of aliphatic imine (C=N–C) groups is 1. The van der Waals surface area contributed by atoms with Gasteiger partial charge in [0.2, 0.25) is 11.8 Å². The molecule has 0 bridgehead atoms. The van der Waals surface area contributed by atoms with Crippen molar-refractivity contribution in [2.75, 3.05) is 23.4 Å². The zero-order valence-corrected chi connectivity index (χ0v) is 20.1. The van der Waals surface area contributed by atoms with Crippen molar-refractivity contribution in [3.05, 3.63) is 41.7 Å². The van der Waals surface area contributed by atoms with E-state index in [2.05, 4.69) is 24.9 Å². The first-order valence-electron chi connectivity index (χ1n) is 11.1. The van der Waals surface area contributed by atoms with Crippen molar-refractivity contribution < 1.29 is 24.5 Å². The van der Waals surface area contributed by atoms with Gasteiger partial charge >= 0.3 is 11.9 Å². The first-order chi connectivity index (χ1) is 17.0. The highest BCUT2D eigenvalue weighted by molar-refractivity contribution is 5.96. The maximum absolute atomic E-state index is 11.6. The number of carbonyl (C=O) groups is 2. The standard InChI is InChI=1S/C23H28N8O5/c1-12(2)36-21(28-16(22(34)35)8-9-17(32)33)13-4-6-15(7-5-13)31(3)11-14-10-26-20-18(27-14)19(24)29-23(25)30-20/h4-7,10,12,16H,8-9,11H2,1-3H3,(H,32,33)(H,34,35)(H4,24,25,26,29,30)/b28-21-. The van der Waals surface area contributed by atoms with Gasteiger partial charge in [-0.05, 0) is 44.5 Å². The van der Waals surface area contributed by atoms with Crippen LogP contribution in [-0.4, -0.2) is 67.2 Å². The van der Waals surface area contributed by atoms with Crippen molar-refractivity contribution in [3.63, 3.8) is 0 Å². The number of rotatable bonds is 10. The molecule has 0 saturated heterocycles. The van der Waals surface area contributed by atoms with Gasteiger partial charge in [-0.2, -0.15) is 9.97 Å². The van der Waals surface area contributed by atoms with Crippen molar-refractivity contribution in [2.24, 2.45) is 4.99 Å². The Labute approximate surface area is 206 Å². The Kier molecular flexibility index (Phi) is 8.14. The zero-order valence-electron chi connectivity index (χ0n) is 20.1. The third kappa shape index (κ3) is 6.74. The number of fused-ring (bicyclic) bond motifs is 1. The summed E-state index contributed by atoms with van der Waals surface area (Å²) in [6.07, 6.45) is 0.856. The van der Waals surface area contributed by atoms with Gasteiger partial charge in [0.15, 0.2) is 23.0 Å². The quantitative estimate of drug-likeness (QED) is 0.234. The Morgan fingerprint density at radius 1 is 1.11 bits per heavy atom. The molecule has 2 heterocycles. The van der Waals surface area contributed by atoms with Gasteiger partial charge < -0.3 is 31.3 Å². The molecule has 3 rings (SSSR count). The average molecular weight is 497 g/mol. The van der Waals surface area contributed by atoms with Crippen molar-refractivity contribution in [1.82, 2.24) is 19.9 Å². The second kappa shape index (κ2) is 11.3. The molecular weight excluding hydrogens is 468 g/mol. The van der Waals surface area contributed by atoms with E-state index in [9.17, 15) is 14.7 Å². The van der Waals surface area contributed by atoms with E-state index in [-0.39, 0.29) is 36.6 Å². The topological polar surface area (TPSA) is 203 Å². The smallest absolute Gasteiger partial charge is 0.328 e. The molecule has 0 fully saturated rings. The van der Waals surface area contributed by atoms with E-state index in [0.29, 0.717) is 29.0 Å². The Morgan fingerprint density at radius 2 is 1.81 bits per heavy atom. The van der Waals surface area contributed by atoms with Gasteiger partial charge in [-0.1, -0.05) is 0 Å². The number of aromatic nitrogens is 4. The minimum absolute atomic E-state index is 0.0279. The second-order valence-corrected chi connectivity index (χ2v) is 8.29. The van der Waals surface area contributed by atoms with Crippen molar-refractivity contribution in [3.8, 4) is 0 Å². The first kappa shape index (κ1) is 26.1. The van der Waals surface area contributed by atoms with Crippen LogP contribution in [0.5, 0.6) is 0 Å². The van der Waals surface area contributed by atoms with Crippen LogP contribution in [0, 0.1) is 0 Å². The molecule has 0 amide bonds. The molecule has 0 aliphatic heterocycles. The summed E-state index contributed by atoms with van der Waals surface area (Å²) < 4.78 is 5.76. The van der Waals surface area contributed by atoms with Gasteiger partial charge in [-0.15, -0.1) is 0 Å². The molecule has 0 radical (unpaired) electrons. The Hall–Kier alpha value is -4.55. The summed E-state index contributed by atoms with van der Waals surface area (Å²) in [6.45, 7) is 3.99. The Morgan fingerprint density at radius 3 is 2.42 bits per heavy atom. The fourth-order valence-corrected chi connectivity index (χ4v) is 3.29. The molecule has 13 nitrogen and oxygen atoms in total. The number of nitrogen functional groups attached to an aromatic ring is 2. The van der Waals surface area contributed by atoms with Gasteiger partial charge in [-0.3, -0.25) is 4.79 Å². The number of hydrogen-bond donors (Lipinski definition) is 4. The molecule has 2 aromatic heterocycles. The lowest BCUT2D eigenvalue weighted by atomic mass is 10.1. The normalized spacial score (nSPS) is 12.5. The molecule has 13 heteroatoms. The molecule has 3 aromatic rings. The summed E-state index contributed by atoms with van der Waals surface area (Å²) in [7, 11) is 1.87. The summed E-state index contributed by atoms with van der Waals surface area (Å²) in [4.78, 5) is 45.3. The highest BCUT2D eigenvalue weighted by atomic mass is 16.5. The molecular formula is C23H28N8O5. The van der Waals surface area contributed by atoms with Crippen LogP contribution in [0.25, 0.3) is 11.2 Å². The minimum atomic E-state index is -1.24. The van der Waals surface area contributed by atoms with Crippen LogP contribution >= 0.6 is 0 Å². The summed E-state index contributed by atoms with van der Waals surface area (Å²) in [5, 5.41) is 18.4. The van der Waals surface area contributed by atoms with Gasteiger partial charge in [-0.25, -0.2) is 19.8 Å². The van der Waals surface area contributed by atoms with Gasteiger partial charge in [0, 0.05) is 24.7 Å². The van der Waals surface area contributed by atoms with E-state index >= 15 is 0 Å². The number of nitrogens with zero attached hydrogens (tertiary/aromatic N) is 6. The lowest BCUT2D eigenvalue weighted by Crippen LogP contribution is -2.24. The van der Waals surface area contributed by atoms with Crippen LogP contribution in [0.1, 0.15) is 37.9 Å². The Balaban J connectivity index is 1.81. The van der Waals surface area contributed by atoms with Crippen LogP contribution in [0.4, 0.5) is 17.5 Å². The van der Waals surface area contributed by atoms with E-state index < -0.39 is 18.0 Å². The summed E-state index contributed by atoms with van der Waals surface area (Å²) in [6, 6.07) is 5.92. The highest BCUT2D eigenvalue weighted by Crippen LogP contribution is 2.20. The maximum atomic E-state index is 11.6. The number of ether oxygens (including phenoxy) is 1. The van der Waals surface area contributed by atoms with Crippen LogP contribution in [0.2, 0.25) is 0 Å². The number of benzene rings is 1. The summed E-state index contributed by atoms with van der Waals surface area (Å²) in [5.74, 6) is -2.00. The number of anilines is 3. The number of aliphatic carboxylic acids is 2. The zero-order chi connectivity index (χ0) is 26.4. The number of carboxylic acid groups (broad SMARTS) is 2. The minimum Gasteiger partial charge on any atom is -0.481 e. The lowest BCUT2D eigenvalue weighted by molar-refractivity contribution is -0.139. The fraction of sp³-hybridized carbons (Fsp3) is 0.348. The number of nitrogens with two attached hydrogens (primary N) is 2. The van der Waals surface area contributed by atoms with Gasteiger partial charge in [0.25, 0.3) is 0 Å². The van der Waals surface area contributed by atoms with E-state index in [4.69, 9.17) is 21.3 Å². The van der Waals surface area contributed by atoms with Crippen LogP contribution in [0.15, 0.2) is 35.5 Å². The van der Waals surface area contributed by atoms with E-state index in [0.717, 1.165) is 5.69 Å². The third-order valence-corrected chi connectivity index (χ3v) is 4.99. The van der Waals surface area contributed by atoms with Crippen molar-refractivity contribution >= 4 is 46.5 Å². The molecule has 1 aromatic carbocycles. The first-order valence-corrected chi connectivity index (χ1v) is 11.1. The van der Waals surface area contributed by atoms with Crippen molar-refractivity contribution in [1.29, 1.82) is 0 Å². The fourth-order valence-electron chi connectivity index (χ4n) is 3.29. The van der Waals surface area contributed by atoms with E-state index in [1.165, 1.54) is 0 Å². The van der Waals surface area contributed by atoms with Crippen LogP contribution < -0.4 is 16.4 Å². The number of hydrogen-bond acceptors (Lipinski definition) is 11.